The highest BCUT2D eigenvalue weighted by molar-refractivity contribution is 7.98. The van der Waals surface area contributed by atoms with Crippen molar-refractivity contribution < 1.29 is 19.4 Å². The molecule has 1 aromatic heterocycles. The van der Waals surface area contributed by atoms with Gasteiger partial charge in [-0.1, -0.05) is 18.2 Å². The summed E-state index contributed by atoms with van der Waals surface area (Å²) < 4.78 is 5.71. The minimum Gasteiger partial charge on any atom is -0.455 e. The summed E-state index contributed by atoms with van der Waals surface area (Å²) in [6.45, 7) is 1.18. The summed E-state index contributed by atoms with van der Waals surface area (Å²) in [5.41, 5.74) is 0. The number of nitrogens with zero attached hydrogens (tertiary/aromatic N) is 2. The van der Waals surface area contributed by atoms with Gasteiger partial charge in [-0.3, -0.25) is 9.69 Å². The van der Waals surface area contributed by atoms with Crippen LogP contribution in [-0.2, 0) is 5.75 Å². The van der Waals surface area contributed by atoms with Crippen LogP contribution in [0.5, 0.6) is 0 Å². The number of likely N-dealkylation sites (tertiary alicyclic amines) is 1. The van der Waals surface area contributed by atoms with Gasteiger partial charge >= 0.3 is 0 Å². The Bertz CT molecular complexity index is 721. The second-order valence-corrected chi connectivity index (χ2v) is 7.47. The van der Waals surface area contributed by atoms with E-state index in [0.29, 0.717) is 24.6 Å². The van der Waals surface area contributed by atoms with Crippen molar-refractivity contribution in [1.82, 2.24) is 9.80 Å². The highest BCUT2D eigenvalue weighted by Gasteiger charge is 2.37. The fourth-order valence-corrected chi connectivity index (χ4v) is 3.90. The zero-order chi connectivity index (χ0) is 18.5. The van der Waals surface area contributed by atoms with Crippen LogP contribution in [0.3, 0.4) is 0 Å². The number of carbonyl (C=O) groups excluding carboxylic acids is 1. The van der Waals surface area contributed by atoms with Crippen LogP contribution < -0.4 is 0 Å². The Labute approximate surface area is 157 Å². The summed E-state index contributed by atoms with van der Waals surface area (Å²) in [5.74, 6) is 1.49. The molecule has 1 saturated heterocycles. The van der Waals surface area contributed by atoms with Crippen LogP contribution in [0.15, 0.2) is 51.8 Å². The number of β-amino-alcohol motifs (C(OH)–C–C–N with tert-alkyl or cyclic N) is 1. The van der Waals surface area contributed by atoms with Crippen LogP contribution in [0.25, 0.3) is 0 Å². The lowest BCUT2D eigenvalue weighted by Gasteiger charge is -2.25. The summed E-state index contributed by atoms with van der Waals surface area (Å²) >= 11 is 1.65. The van der Waals surface area contributed by atoms with Gasteiger partial charge in [-0.25, -0.2) is 0 Å². The number of aliphatic hydroxyl groups excluding tert-OH is 2. The number of benzene rings is 1. The van der Waals surface area contributed by atoms with Crippen LogP contribution in [0.4, 0.5) is 0 Å². The molecular formula is C19H24N2O4S. The molecule has 6 nitrogen and oxygen atoms in total. The zero-order valence-electron chi connectivity index (χ0n) is 14.7. The third kappa shape index (κ3) is 4.48. The molecule has 7 heteroatoms. The number of rotatable bonds is 7. The predicted molar refractivity (Wildman–Crippen MR) is 100 cm³/mol. The predicted octanol–water partition coefficient (Wildman–Crippen LogP) is 1.68. The molecule has 0 bridgehead atoms. The Kier molecular flexibility index (Phi) is 6.37. The molecule has 1 aromatic carbocycles. The number of thioether (sulfide) groups is 1. The summed E-state index contributed by atoms with van der Waals surface area (Å²) in [5, 5.41) is 19.3. The van der Waals surface area contributed by atoms with Gasteiger partial charge in [0.25, 0.3) is 5.91 Å². The van der Waals surface area contributed by atoms with Gasteiger partial charge in [0.15, 0.2) is 5.76 Å². The van der Waals surface area contributed by atoms with Gasteiger partial charge in [0.2, 0.25) is 0 Å². The number of likely N-dealkylation sites (N-methyl/N-ethyl adjacent to an activating group) is 1. The quantitative estimate of drug-likeness (QED) is 0.716. The lowest BCUT2D eigenvalue weighted by molar-refractivity contribution is 0.0730. The van der Waals surface area contributed by atoms with E-state index in [1.807, 2.05) is 48.3 Å². The summed E-state index contributed by atoms with van der Waals surface area (Å²) in [6, 6.07) is 13.4. The summed E-state index contributed by atoms with van der Waals surface area (Å²) in [7, 11) is 1.84. The normalized spacial score (nSPS) is 20.1. The van der Waals surface area contributed by atoms with E-state index in [4.69, 9.17) is 9.52 Å². The molecule has 0 radical (unpaired) electrons. The van der Waals surface area contributed by atoms with Crippen molar-refractivity contribution in [2.75, 3.05) is 33.3 Å². The maximum atomic E-state index is 12.7. The molecule has 0 unspecified atom stereocenters. The van der Waals surface area contributed by atoms with Gasteiger partial charge in [-0.05, 0) is 31.3 Å². The smallest absolute Gasteiger partial charge is 0.289 e. The first kappa shape index (κ1) is 19.0. The monoisotopic (exact) mass is 376 g/mol. The molecule has 140 valence electrons. The molecule has 1 aliphatic heterocycles. The molecule has 1 aliphatic rings. The van der Waals surface area contributed by atoms with Crippen LogP contribution in [0, 0.1) is 0 Å². The maximum Gasteiger partial charge on any atom is 0.289 e. The van der Waals surface area contributed by atoms with E-state index in [2.05, 4.69) is 0 Å². The number of aliphatic hydroxyl groups is 2. The molecular weight excluding hydrogens is 352 g/mol. The third-order valence-corrected chi connectivity index (χ3v) is 5.60. The molecule has 0 aliphatic carbocycles. The van der Waals surface area contributed by atoms with Crippen LogP contribution in [0.2, 0.25) is 0 Å². The summed E-state index contributed by atoms with van der Waals surface area (Å²) in [6.07, 6.45) is -0.626. The van der Waals surface area contributed by atoms with Gasteiger partial charge in [0, 0.05) is 24.5 Å². The molecule has 3 rings (SSSR count). The number of hydrogen-bond acceptors (Lipinski definition) is 6. The average Bonchev–Trinajstić information content (AvgIpc) is 3.27. The fourth-order valence-electron chi connectivity index (χ4n) is 3.09. The Balaban J connectivity index is 1.58. The molecule has 0 spiro atoms. The Morgan fingerprint density at radius 3 is 2.77 bits per heavy atom. The molecule has 26 heavy (non-hydrogen) atoms. The Morgan fingerprint density at radius 1 is 1.27 bits per heavy atom. The zero-order valence-corrected chi connectivity index (χ0v) is 15.6. The molecule has 0 saturated carbocycles. The average molecular weight is 376 g/mol. The van der Waals surface area contributed by atoms with Gasteiger partial charge in [-0.15, -0.1) is 11.8 Å². The van der Waals surface area contributed by atoms with E-state index in [0.717, 1.165) is 10.7 Å². The fraction of sp³-hybridized carbons (Fsp3) is 0.421. The van der Waals surface area contributed by atoms with Crippen molar-refractivity contribution in [2.24, 2.45) is 0 Å². The standard InChI is InChI=1S/C19H24N2O4S/c1-20(9-10-22)16-11-21(12-17(16)23)19(24)18-8-7-14(25-18)13-26-15-5-3-2-4-6-15/h2-8,16-17,22-23H,9-13H2,1H3/t16-,17-/m0/s1. The van der Waals surface area contributed by atoms with Crippen LogP contribution >= 0.6 is 11.8 Å². The van der Waals surface area contributed by atoms with Crippen molar-refractivity contribution in [2.45, 2.75) is 22.8 Å². The maximum absolute atomic E-state index is 12.7. The minimum atomic E-state index is -0.626. The number of furan rings is 1. The summed E-state index contributed by atoms with van der Waals surface area (Å²) in [4.78, 5) is 17.3. The van der Waals surface area contributed by atoms with Crippen molar-refractivity contribution in [3.05, 3.63) is 54.0 Å². The highest BCUT2D eigenvalue weighted by atomic mass is 32.2. The molecule has 2 atom stereocenters. The van der Waals surface area contributed by atoms with Crippen LogP contribution in [0.1, 0.15) is 16.3 Å². The number of carbonyl (C=O) groups is 1. The SMILES string of the molecule is CN(CCO)[C@H]1CN(C(=O)c2ccc(CSc3ccccc3)o2)C[C@@H]1O. The van der Waals surface area contributed by atoms with E-state index >= 15 is 0 Å². The second kappa shape index (κ2) is 8.73. The van der Waals surface area contributed by atoms with Crippen molar-refractivity contribution in [3.63, 3.8) is 0 Å². The molecule has 1 amide bonds. The molecule has 1 fully saturated rings. The molecule has 2 N–H and O–H groups in total. The highest BCUT2D eigenvalue weighted by Crippen LogP contribution is 2.24. The first-order chi connectivity index (χ1) is 12.6. The minimum absolute atomic E-state index is 0.0221. The van der Waals surface area contributed by atoms with Crippen molar-refractivity contribution >= 4 is 17.7 Å². The van der Waals surface area contributed by atoms with Gasteiger partial charge in [0.1, 0.15) is 5.76 Å². The Hall–Kier alpha value is -1.80. The lowest BCUT2D eigenvalue weighted by atomic mass is 10.2. The van der Waals surface area contributed by atoms with E-state index in [1.54, 1.807) is 22.7 Å². The van der Waals surface area contributed by atoms with Gasteiger partial charge in [0.05, 0.1) is 24.5 Å². The van der Waals surface area contributed by atoms with E-state index in [-0.39, 0.29) is 25.1 Å². The first-order valence-electron chi connectivity index (χ1n) is 8.63. The number of amides is 1. The lowest BCUT2D eigenvalue weighted by Crippen LogP contribution is -2.42. The largest absolute Gasteiger partial charge is 0.455 e. The van der Waals surface area contributed by atoms with Crippen LogP contribution in [-0.4, -0.2) is 71.4 Å². The third-order valence-electron chi connectivity index (χ3n) is 4.56. The van der Waals surface area contributed by atoms with Crippen molar-refractivity contribution in [1.29, 1.82) is 0 Å². The second-order valence-electron chi connectivity index (χ2n) is 6.42. The van der Waals surface area contributed by atoms with Gasteiger partial charge < -0.3 is 19.5 Å². The molecule has 2 heterocycles. The Morgan fingerprint density at radius 2 is 2.04 bits per heavy atom. The van der Waals surface area contributed by atoms with Gasteiger partial charge in [-0.2, -0.15) is 0 Å². The van der Waals surface area contributed by atoms with Crippen molar-refractivity contribution in [3.8, 4) is 0 Å². The van der Waals surface area contributed by atoms with E-state index in [1.165, 1.54) is 0 Å². The first-order valence-corrected chi connectivity index (χ1v) is 9.62. The molecule has 2 aromatic rings. The topological polar surface area (TPSA) is 77.2 Å². The van der Waals surface area contributed by atoms with E-state index in [9.17, 15) is 9.90 Å². The van der Waals surface area contributed by atoms with E-state index < -0.39 is 6.10 Å². The number of hydrogen-bond donors (Lipinski definition) is 2.